The lowest BCUT2D eigenvalue weighted by atomic mass is 10.2. The van der Waals surface area contributed by atoms with Crippen LogP contribution in [0.3, 0.4) is 0 Å². The van der Waals surface area contributed by atoms with Crippen molar-refractivity contribution in [1.82, 2.24) is 10.2 Å². The molecule has 1 aliphatic carbocycles. The molecule has 0 heterocycles. The fraction of sp³-hybridized carbons (Fsp3) is 0.846. The van der Waals surface area contributed by atoms with E-state index in [-0.39, 0.29) is 5.91 Å². The first kappa shape index (κ1) is 15.4. The second-order valence-electron chi connectivity index (χ2n) is 5.33. The molecule has 3 N–H and O–H groups in total. The highest BCUT2D eigenvalue weighted by atomic mass is 32.1. The monoisotopic (exact) mass is 271 g/mol. The van der Waals surface area contributed by atoms with Crippen molar-refractivity contribution in [3.8, 4) is 0 Å². The minimum Gasteiger partial charge on any atom is -0.393 e. The zero-order valence-electron chi connectivity index (χ0n) is 11.4. The Morgan fingerprint density at radius 3 is 2.56 bits per heavy atom. The minimum absolute atomic E-state index is 0.124. The number of nitrogens with two attached hydrogens (primary N) is 1. The maximum Gasteiger partial charge on any atom is 0.234 e. The van der Waals surface area contributed by atoms with Crippen molar-refractivity contribution in [2.24, 2.45) is 5.73 Å². The SMILES string of the molecule is CC(C)N(CCC(N)=S)CC(=O)NC1CCCC1. The summed E-state index contributed by atoms with van der Waals surface area (Å²) in [6.07, 6.45) is 5.39. The normalized spacial score (nSPS) is 16.4. The van der Waals surface area contributed by atoms with Crippen molar-refractivity contribution in [2.75, 3.05) is 13.1 Å². The molecule has 0 unspecified atom stereocenters. The Bertz CT molecular complexity index is 288. The molecule has 0 aromatic rings. The standard InChI is InChI=1S/C13H25N3OS/c1-10(2)16(8-7-12(14)18)9-13(17)15-11-5-3-4-6-11/h10-11H,3-9H2,1-2H3,(H2,14,18)(H,15,17). The van der Waals surface area contributed by atoms with E-state index in [4.69, 9.17) is 18.0 Å². The van der Waals surface area contributed by atoms with E-state index in [1.54, 1.807) is 0 Å². The first-order chi connectivity index (χ1) is 8.49. The number of hydrogen-bond donors (Lipinski definition) is 2. The Labute approximate surface area is 115 Å². The molecular weight excluding hydrogens is 246 g/mol. The molecule has 5 heteroatoms. The smallest absolute Gasteiger partial charge is 0.234 e. The van der Waals surface area contributed by atoms with E-state index in [2.05, 4.69) is 24.1 Å². The maximum atomic E-state index is 11.9. The van der Waals surface area contributed by atoms with Crippen LogP contribution in [0.5, 0.6) is 0 Å². The predicted octanol–water partition coefficient (Wildman–Crippen LogP) is 1.43. The zero-order chi connectivity index (χ0) is 13.5. The summed E-state index contributed by atoms with van der Waals surface area (Å²) in [5, 5.41) is 3.11. The van der Waals surface area contributed by atoms with Gasteiger partial charge >= 0.3 is 0 Å². The third kappa shape index (κ3) is 5.78. The van der Waals surface area contributed by atoms with Crippen molar-refractivity contribution < 1.29 is 4.79 Å². The molecule has 0 atom stereocenters. The first-order valence-corrected chi connectivity index (χ1v) is 7.21. The molecule has 1 aliphatic rings. The van der Waals surface area contributed by atoms with Gasteiger partial charge in [-0.3, -0.25) is 9.69 Å². The number of hydrogen-bond acceptors (Lipinski definition) is 3. The molecule has 4 nitrogen and oxygen atoms in total. The van der Waals surface area contributed by atoms with E-state index in [1.165, 1.54) is 12.8 Å². The van der Waals surface area contributed by atoms with E-state index in [1.807, 2.05) is 0 Å². The van der Waals surface area contributed by atoms with Gasteiger partial charge in [0.1, 0.15) is 0 Å². The van der Waals surface area contributed by atoms with Crippen LogP contribution < -0.4 is 11.1 Å². The number of nitrogens with zero attached hydrogens (tertiary/aromatic N) is 1. The largest absolute Gasteiger partial charge is 0.393 e. The summed E-state index contributed by atoms with van der Waals surface area (Å²) >= 11 is 4.88. The van der Waals surface area contributed by atoms with E-state index in [0.717, 1.165) is 19.4 Å². The highest BCUT2D eigenvalue weighted by molar-refractivity contribution is 7.80. The highest BCUT2D eigenvalue weighted by Crippen LogP contribution is 2.17. The molecule has 1 amide bonds. The second kappa shape index (κ2) is 7.69. The Hall–Kier alpha value is -0.680. The van der Waals surface area contributed by atoms with Crippen LogP contribution in [-0.4, -0.2) is 41.0 Å². The number of carbonyl (C=O) groups is 1. The molecule has 0 aromatic carbocycles. The van der Waals surface area contributed by atoms with Crippen LogP contribution in [0.25, 0.3) is 0 Å². The van der Waals surface area contributed by atoms with Gasteiger partial charge in [0, 0.05) is 25.0 Å². The lowest BCUT2D eigenvalue weighted by molar-refractivity contribution is -0.123. The van der Waals surface area contributed by atoms with E-state index < -0.39 is 0 Å². The third-order valence-corrected chi connectivity index (χ3v) is 3.65. The van der Waals surface area contributed by atoms with Crippen LogP contribution >= 0.6 is 12.2 Å². The van der Waals surface area contributed by atoms with E-state index >= 15 is 0 Å². The van der Waals surface area contributed by atoms with Gasteiger partial charge in [0.2, 0.25) is 5.91 Å². The summed E-state index contributed by atoms with van der Waals surface area (Å²) in [5.41, 5.74) is 5.51. The van der Waals surface area contributed by atoms with Crippen molar-refractivity contribution in [3.63, 3.8) is 0 Å². The van der Waals surface area contributed by atoms with Gasteiger partial charge < -0.3 is 11.1 Å². The average molecular weight is 271 g/mol. The van der Waals surface area contributed by atoms with Gasteiger partial charge in [0.05, 0.1) is 11.5 Å². The Kier molecular flexibility index (Phi) is 6.57. The third-order valence-electron chi connectivity index (χ3n) is 3.44. The molecule has 0 aliphatic heterocycles. The molecule has 0 bridgehead atoms. The van der Waals surface area contributed by atoms with Gasteiger partial charge in [0.25, 0.3) is 0 Å². The van der Waals surface area contributed by atoms with E-state index in [9.17, 15) is 4.79 Å². The van der Waals surface area contributed by atoms with Crippen molar-refractivity contribution in [2.45, 2.75) is 58.0 Å². The van der Waals surface area contributed by atoms with Crippen molar-refractivity contribution in [3.05, 3.63) is 0 Å². The van der Waals surface area contributed by atoms with Gasteiger partial charge in [-0.1, -0.05) is 25.1 Å². The molecule has 0 spiro atoms. The van der Waals surface area contributed by atoms with Crippen molar-refractivity contribution in [1.29, 1.82) is 0 Å². The topological polar surface area (TPSA) is 58.4 Å². The van der Waals surface area contributed by atoms with Gasteiger partial charge in [-0.05, 0) is 26.7 Å². The predicted molar refractivity (Wildman–Crippen MR) is 78.5 cm³/mol. The van der Waals surface area contributed by atoms with Crippen molar-refractivity contribution >= 4 is 23.1 Å². The van der Waals surface area contributed by atoms with Crippen LogP contribution in [0.4, 0.5) is 0 Å². The lowest BCUT2D eigenvalue weighted by Crippen LogP contribution is -2.44. The number of thiocarbonyl (C=S) groups is 1. The second-order valence-corrected chi connectivity index (χ2v) is 5.85. The number of rotatable bonds is 7. The molecular formula is C13H25N3OS. The number of amides is 1. The van der Waals surface area contributed by atoms with Gasteiger partial charge in [-0.2, -0.15) is 0 Å². The van der Waals surface area contributed by atoms with Crippen LogP contribution in [0.2, 0.25) is 0 Å². The summed E-state index contributed by atoms with van der Waals surface area (Å²) in [4.78, 5) is 14.6. The quantitative estimate of drug-likeness (QED) is 0.688. The molecule has 18 heavy (non-hydrogen) atoms. The molecule has 0 saturated heterocycles. The number of nitrogens with one attached hydrogen (secondary N) is 1. The molecule has 1 fully saturated rings. The zero-order valence-corrected chi connectivity index (χ0v) is 12.3. The van der Waals surface area contributed by atoms with E-state index in [0.29, 0.717) is 30.0 Å². The summed E-state index contributed by atoms with van der Waals surface area (Å²) in [6.45, 7) is 5.37. The Balaban J connectivity index is 2.34. The fourth-order valence-corrected chi connectivity index (χ4v) is 2.39. The number of carbonyl (C=O) groups excluding carboxylic acids is 1. The summed E-state index contributed by atoms with van der Waals surface area (Å²) in [5.74, 6) is 0.124. The minimum atomic E-state index is 0.124. The average Bonchev–Trinajstić information content (AvgIpc) is 2.76. The van der Waals surface area contributed by atoms with Crippen LogP contribution in [-0.2, 0) is 4.79 Å². The summed E-state index contributed by atoms with van der Waals surface area (Å²) in [6, 6.07) is 0.718. The lowest BCUT2D eigenvalue weighted by Gasteiger charge is -2.26. The van der Waals surface area contributed by atoms with Crippen LogP contribution in [0.1, 0.15) is 46.0 Å². The van der Waals surface area contributed by atoms with Gasteiger partial charge in [-0.25, -0.2) is 0 Å². The first-order valence-electron chi connectivity index (χ1n) is 6.80. The molecule has 0 aromatic heterocycles. The molecule has 0 radical (unpaired) electrons. The molecule has 104 valence electrons. The fourth-order valence-electron chi connectivity index (χ4n) is 2.30. The summed E-state index contributed by atoms with van der Waals surface area (Å²) < 4.78 is 0. The van der Waals surface area contributed by atoms with Gasteiger partial charge in [0.15, 0.2) is 0 Å². The maximum absolute atomic E-state index is 11.9. The summed E-state index contributed by atoms with van der Waals surface area (Å²) in [7, 11) is 0. The van der Waals surface area contributed by atoms with Crippen LogP contribution in [0, 0.1) is 0 Å². The highest BCUT2D eigenvalue weighted by Gasteiger charge is 2.19. The van der Waals surface area contributed by atoms with Gasteiger partial charge in [-0.15, -0.1) is 0 Å². The Morgan fingerprint density at radius 1 is 1.44 bits per heavy atom. The molecule has 1 rings (SSSR count). The molecule has 1 saturated carbocycles. The Morgan fingerprint density at radius 2 is 2.06 bits per heavy atom. The van der Waals surface area contributed by atoms with Crippen LogP contribution in [0.15, 0.2) is 0 Å².